The van der Waals surface area contributed by atoms with Gasteiger partial charge in [0.2, 0.25) is 11.8 Å². The molecule has 0 aromatic heterocycles. The van der Waals surface area contributed by atoms with E-state index in [4.69, 9.17) is 0 Å². The number of aryl methyl sites for hydroxylation is 1. The number of hydrogen-bond acceptors (Lipinski definition) is 2. The van der Waals surface area contributed by atoms with Crippen LogP contribution in [0.5, 0.6) is 0 Å². The van der Waals surface area contributed by atoms with Gasteiger partial charge in [0.25, 0.3) is 0 Å². The molecule has 4 heteroatoms. The van der Waals surface area contributed by atoms with Gasteiger partial charge in [-0.2, -0.15) is 0 Å². The number of carbonyl (C=O) groups is 2. The smallest absolute Gasteiger partial charge is 0.242 e. The Morgan fingerprint density at radius 3 is 2.45 bits per heavy atom. The molecule has 3 aromatic rings. The van der Waals surface area contributed by atoms with Crippen molar-refractivity contribution < 1.29 is 9.59 Å². The maximum Gasteiger partial charge on any atom is 0.242 e. The fourth-order valence-electron chi connectivity index (χ4n) is 4.06. The molecule has 1 saturated heterocycles. The number of amides is 2. The van der Waals surface area contributed by atoms with E-state index in [1.165, 1.54) is 10.9 Å². The predicted octanol–water partition coefficient (Wildman–Crippen LogP) is 3.73. The standard InChI is InChI=1S/C25H26N2O2/c28-24(18-20-12-13-21-10-4-5-11-22(21)17-20)27(23-14-15-26-25(23)29)16-6-9-19-7-2-1-3-8-19/h1-5,7-8,10-13,17,23H,6,9,14-16,18H2,(H,26,29). The lowest BCUT2D eigenvalue weighted by molar-refractivity contribution is -0.138. The molecular weight excluding hydrogens is 360 g/mol. The number of nitrogens with one attached hydrogen (secondary N) is 1. The van der Waals surface area contributed by atoms with Gasteiger partial charge in [-0.15, -0.1) is 0 Å². The summed E-state index contributed by atoms with van der Waals surface area (Å²) in [5, 5.41) is 5.17. The lowest BCUT2D eigenvalue weighted by Gasteiger charge is -2.27. The Labute approximate surface area is 171 Å². The zero-order chi connectivity index (χ0) is 20.1. The van der Waals surface area contributed by atoms with E-state index in [1.54, 1.807) is 4.90 Å². The van der Waals surface area contributed by atoms with Crippen LogP contribution in [0.25, 0.3) is 10.8 Å². The molecule has 148 valence electrons. The molecule has 1 N–H and O–H groups in total. The molecule has 1 atom stereocenters. The number of benzene rings is 3. The van der Waals surface area contributed by atoms with Crippen molar-refractivity contribution in [3.8, 4) is 0 Å². The maximum absolute atomic E-state index is 13.2. The van der Waals surface area contributed by atoms with E-state index >= 15 is 0 Å². The van der Waals surface area contributed by atoms with Crippen molar-refractivity contribution in [3.63, 3.8) is 0 Å². The molecule has 3 aromatic carbocycles. The van der Waals surface area contributed by atoms with E-state index < -0.39 is 0 Å². The number of nitrogens with zero attached hydrogens (tertiary/aromatic N) is 1. The van der Waals surface area contributed by atoms with Crippen LogP contribution in [0, 0.1) is 0 Å². The molecule has 2 amide bonds. The summed E-state index contributed by atoms with van der Waals surface area (Å²) in [5.74, 6) is -0.00744. The van der Waals surface area contributed by atoms with Crippen molar-refractivity contribution >= 4 is 22.6 Å². The zero-order valence-corrected chi connectivity index (χ0v) is 16.5. The van der Waals surface area contributed by atoms with Crippen LogP contribution >= 0.6 is 0 Å². The second-order valence-corrected chi connectivity index (χ2v) is 7.63. The third-order valence-corrected chi connectivity index (χ3v) is 5.59. The number of fused-ring (bicyclic) bond motifs is 1. The summed E-state index contributed by atoms with van der Waals surface area (Å²) < 4.78 is 0. The van der Waals surface area contributed by atoms with E-state index in [0.29, 0.717) is 25.9 Å². The fourth-order valence-corrected chi connectivity index (χ4v) is 4.06. The minimum atomic E-state index is -0.348. The Kier molecular flexibility index (Phi) is 5.89. The first kappa shape index (κ1) is 19.2. The highest BCUT2D eigenvalue weighted by molar-refractivity contribution is 5.90. The summed E-state index contributed by atoms with van der Waals surface area (Å²) in [6.45, 7) is 1.24. The molecule has 4 rings (SSSR count). The number of rotatable bonds is 7. The van der Waals surface area contributed by atoms with Gasteiger partial charge < -0.3 is 10.2 Å². The fraction of sp³-hybridized carbons (Fsp3) is 0.280. The number of carbonyl (C=O) groups excluding carboxylic acids is 2. The molecule has 1 fully saturated rings. The average Bonchev–Trinajstić information content (AvgIpc) is 3.17. The van der Waals surface area contributed by atoms with E-state index in [1.807, 2.05) is 36.4 Å². The summed E-state index contributed by atoms with van der Waals surface area (Å²) in [7, 11) is 0. The topological polar surface area (TPSA) is 49.4 Å². The van der Waals surface area contributed by atoms with Crippen molar-refractivity contribution in [3.05, 3.63) is 83.9 Å². The summed E-state index contributed by atoms with van der Waals surface area (Å²) in [6, 6.07) is 24.2. The molecule has 1 aliphatic rings. The average molecular weight is 386 g/mol. The zero-order valence-electron chi connectivity index (χ0n) is 16.5. The second-order valence-electron chi connectivity index (χ2n) is 7.63. The SMILES string of the molecule is O=C1NCCC1N(CCCc1ccccc1)C(=O)Cc1ccc2ccccc2c1. The van der Waals surface area contributed by atoms with Gasteiger partial charge in [0, 0.05) is 13.1 Å². The Morgan fingerprint density at radius 1 is 0.931 bits per heavy atom. The Hall–Kier alpha value is -3.14. The molecule has 1 unspecified atom stereocenters. The predicted molar refractivity (Wildman–Crippen MR) is 116 cm³/mol. The lowest BCUT2D eigenvalue weighted by Crippen LogP contribution is -2.45. The molecule has 0 saturated carbocycles. The summed E-state index contributed by atoms with van der Waals surface area (Å²) in [4.78, 5) is 27.2. The van der Waals surface area contributed by atoms with Crippen LogP contribution in [0.15, 0.2) is 72.8 Å². The van der Waals surface area contributed by atoms with Gasteiger partial charge in [-0.05, 0) is 41.2 Å². The van der Waals surface area contributed by atoms with Crippen LogP contribution < -0.4 is 5.32 Å². The first-order valence-corrected chi connectivity index (χ1v) is 10.3. The minimum Gasteiger partial charge on any atom is -0.354 e. The summed E-state index contributed by atoms with van der Waals surface area (Å²) in [6.07, 6.45) is 2.75. The first-order chi connectivity index (χ1) is 14.2. The molecule has 0 bridgehead atoms. The van der Waals surface area contributed by atoms with Crippen molar-refractivity contribution in [2.45, 2.75) is 31.7 Å². The van der Waals surface area contributed by atoms with Crippen molar-refractivity contribution in [1.29, 1.82) is 0 Å². The molecule has 0 spiro atoms. The third-order valence-electron chi connectivity index (χ3n) is 5.59. The largest absolute Gasteiger partial charge is 0.354 e. The van der Waals surface area contributed by atoms with Gasteiger partial charge in [-0.25, -0.2) is 0 Å². The molecule has 29 heavy (non-hydrogen) atoms. The van der Waals surface area contributed by atoms with Gasteiger partial charge >= 0.3 is 0 Å². The highest BCUT2D eigenvalue weighted by atomic mass is 16.2. The maximum atomic E-state index is 13.2. The molecule has 1 heterocycles. The van der Waals surface area contributed by atoms with Gasteiger partial charge in [-0.1, -0.05) is 72.8 Å². The Balaban J connectivity index is 1.46. The van der Waals surface area contributed by atoms with E-state index in [0.717, 1.165) is 23.8 Å². The first-order valence-electron chi connectivity index (χ1n) is 10.3. The lowest BCUT2D eigenvalue weighted by atomic mass is 10.0. The molecule has 1 aliphatic heterocycles. The molecule has 4 nitrogen and oxygen atoms in total. The third kappa shape index (κ3) is 4.65. The van der Waals surface area contributed by atoms with Crippen LogP contribution in [-0.2, 0) is 22.4 Å². The quantitative estimate of drug-likeness (QED) is 0.673. The highest BCUT2D eigenvalue weighted by Crippen LogP contribution is 2.18. The normalized spacial score (nSPS) is 16.0. The Bertz CT molecular complexity index is 1000. The molecular formula is C25H26N2O2. The van der Waals surface area contributed by atoms with Crippen molar-refractivity contribution in [2.24, 2.45) is 0 Å². The summed E-state index contributed by atoms with van der Waals surface area (Å²) >= 11 is 0. The second kappa shape index (κ2) is 8.91. The van der Waals surface area contributed by atoms with Gasteiger partial charge in [0.15, 0.2) is 0 Å². The number of hydrogen-bond donors (Lipinski definition) is 1. The van der Waals surface area contributed by atoms with Gasteiger partial charge in [0.1, 0.15) is 6.04 Å². The van der Waals surface area contributed by atoms with Crippen LogP contribution in [0.4, 0.5) is 0 Å². The van der Waals surface area contributed by atoms with E-state index in [-0.39, 0.29) is 17.9 Å². The van der Waals surface area contributed by atoms with Crippen LogP contribution in [-0.4, -0.2) is 35.8 Å². The van der Waals surface area contributed by atoms with Crippen LogP contribution in [0.2, 0.25) is 0 Å². The van der Waals surface area contributed by atoms with Crippen molar-refractivity contribution in [2.75, 3.05) is 13.1 Å². The van der Waals surface area contributed by atoms with Crippen LogP contribution in [0.1, 0.15) is 24.0 Å². The summed E-state index contributed by atoms with van der Waals surface area (Å²) in [5.41, 5.74) is 2.24. The van der Waals surface area contributed by atoms with Crippen LogP contribution in [0.3, 0.4) is 0 Å². The van der Waals surface area contributed by atoms with Gasteiger partial charge in [0.05, 0.1) is 6.42 Å². The van der Waals surface area contributed by atoms with E-state index in [2.05, 4.69) is 41.7 Å². The molecule has 0 aliphatic carbocycles. The monoisotopic (exact) mass is 386 g/mol. The van der Waals surface area contributed by atoms with Crippen molar-refractivity contribution in [1.82, 2.24) is 10.2 Å². The Morgan fingerprint density at radius 2 is 1.69 bits per heavy atom. The highest BCUT2D eigenvalue weighted by Gasteiger charge is 2.32. The van der Waals surface area contributed by atoms with E-state index in [9.17, 15) is 9.59 Å². The van der Waals surface area contributed by atoms with Gasteiger partial charge in [-0.3, -0.25) is 9.59 Å². The minimum absolute atomic E-state index is 0.0235. The molecule has 0 radical (unpaired) electrons.